The van der Waals surface area contributed by atoms with Gasteiger partial charge in [0, 0.05) is 23.3 Å². The smallest absolute Gasteiger partial charge is 0.310 e. The number of anilines is 1. The zero-order valence-electron chi connectivity index (χ0n) is 15.5. The van der Waals surface area contributed by atoms with E-state index in [1.807, 2.05) is 38.1 Å². The second-order valence-electron chi connectivity index (χ2n) is 7.43. The molecule has 1 aliphatic heterocycles. The Bertz CT molecular complexity index is 693. The number of carbonyl (C=O) groups is 3. The van der Waals surface area contributed by atoms with Crippen LogP contribution in [0.25, 0.3) is 0 Å². The van der Waals surface area contributed by atoms with E-state index in [-0.39, 0.29) is 18.0 Å². The summed E-state index contributed by atoms with van der Waals surface area (Å²) in [5, 5.41) is 5.46. The first kappa shape index (κ1) is 18.4. The van der Waals surface area contributed by atoms with E-state index < -0.39 is 17.9 Å². The number of hydrogen-bond acceptors (Lipinski definition) is 3. The normalized spacial score (nSPS) is 20.7. The Morgan fingerprint density at radius 1 is 1.00 bits per heavy atom. The molecule has 0 saturated heterocycles. The Balaban J connectivity index is 1.68. The highest BCUT2D eigenvalue weighted by Gasteiger charge is 2.40. The number of amides is 3. The summed E-state index contributed by atoms with van der Waals surface area (Å²) in [5.41, 5.74) is 1.53. The molecule has 0 radical (unpaired) electrons. The van der Waals surface area contributed by atoms with E-state index in [4.69, 9.17) is 0 Å². The first-order valence-electron chi connectivity index (χ1n) is 9.52. The second-order valence-corrected chi connectivity index (χ2v) is 7.43. The summed E-state index contributed by atoms with van der Waals surface area (Å²) < 4.78 is 0. The van der Waals surface area contributed by atoms with Crippen LogP contribution in [0.2, 0.25) is 0 Å². The average Bonchev–Trinajstić information content (AvgIpc) is 2.77. The van der Waals surface area contributed by atoms with Crippen LogP contribution in [0.5, 0.6) is 0 Å². The van der Waals surface area contributed by atoms with Gasteiger partial charge in [0.15, 0.2) is 0 Å². The average molecular weight is 357 g/mol. The molecule has 2 N–H and O–H groups in total. The zero-order chi connectivity index (χ0) is 18.7. The Hall–Kier alpha value is -2.37. The van der Waals surface area contributed by atoms with Gasteiger partial charge >= 0.3 is 11.8 Å². The molecule has 6 nitrogen and oxygen atoms in total. The number of hydrogen-bond donors (Lipinski definition) is 2. The van der Waals surface area contributed by atoms with Crippen molar-refractivity contribution >= 4 is 23.4 Å². The van der Waals surface area contributed by atoms with Crippen molar-refractivity contribution in [2.75, 3.05) is 4.90 Å². The first-order valence-corrected chi connectivity index (χ1v) is 9.52. The highest BCUT2D eigenvalue weighted by molar-refractivity contribution is 6.35. The van der Waals surface area contributed by atoms with Crippen molar-refractivity contribution in [1.82, 2.24) is 10.6 Å². The zero-order valence-corrected chi connectivity index (χ0v) is 15.5. The Labute approximate surface area is 154 Å². The fourth-order valence-corrected chi connectivity index (χ4v) is 3.89. The SMILES string of the molecule is CC(C)N1C(=O)[C@@H](NC(=O)C(=O)NC2CCCCCC2)c2ccccc21. The summed E-state index contributed by atoms with van der Waals surface area (Å²) in [4.78, 5) is 39.1. The van der Waals surface area contributed by atoms with Crippen LogP contribution in [0, 0.1) is 0 Å². The molecule has 1 aromatic rings. The topological polar surface area (TPSA) is 78.5 Å². The molecule has 1 atom stereocenters. The summed E-state index contributed by atoms with van der Waals surface area (Å²) >= 11 is 0. The molecule has 1 aliphatic carbocycles. The van der Waals surface area contributed by atoms with E-state index in [2.05, 4.69) is 10.6 Å². The van der Waals surface area contributed by atoms with Gasteiger partial charge in [0.25, 0.3) is 5.91 Å². The van der Waals surface area contributed by atoms with E-state index >= 15 is 0 Å². The van der Waals surface area contributed by atoms with Crippen LogP contribution in [-0.4, -0.2) is 29.8 Å². The molecule has 1 heterocycles. The van der Waals surface area contributed by atoms with Crippen molar-refractivity contribution in [1.29, 1.82) is 0 Å². The monoisotopic (exact) mass is 357 g/mol. The molecular formula is C20H27N3O3. The molecule has 0 spiro atoms. The quantitative estimate of drug-likeness (QED) is 0.644. The number of rotatable bonds is 3. The van der Waals surface area contributed by atoms with Crippen molar-refractivity contribution in [3.8, 4) is 0 Å². The van der Waals surface area contributed by atoms with Gasteiger partial charge < -0.3 is 15.5 Å². The third-order valence-electron chi connectivity index (χ3n) is 5.18. The minimum atomic E-state index is -0.805. The van der Waals surface area contributed by atoms with Crippen LogP contribution in [-0.2, 0) is 14.4 Å². The number of nitrogens with one attached hydrogen (secondary N) is 2. The summed E-state index contributed by atoms with van der Waals surface area (Å²) in [5.74, 6) is -1.59. The van der Waals surface area contributed by atoms with Crippen molar-refractivity contribution in [3.05, 3.63) is 29.8 Å². The highest BCUT2D eigenvalue weighted by Crippen LogP contribution is 2.36. The number of para-hydroxylation sites is 1. The third-order valence-corrected chi connectivity index (χ3v) is 5.18. The lowest BCUT2D eigenvalue weighted by Gasteiger charge is -2.22. The van der Waals surface area contributed by atoms with Crippen LogP contribution >= 0.6 is 0 Å². The lowest BCUT2D eigenvalue weighted by atomic mass is 10.1. The molecule has 140 valence electrons. The van der Waals surface area contributed by atoms with Crippen molar-refractivity contribution in [2.45, 2.75) is 70.5 Å². The van der Waals surface area contributed by atoms with Gasteiger partial charge in [-0.3, -0.25) is 14.4 Å². The molecule has 1 saturated carbocycles. The van der Waals surface area contributed by atoms with Gasteiger partial charge in [-0.05, 0) is 32.8 Å². The van der Waals surface area contributed by atoms with Crippen LogP contribution in [0.1, 0.15) is 64.0 Å². The molecule has 6 heteroatoms. The van der Waals surface area contributed by atoms with E-state index in [9.17, 15) is 14.4 Å². The summed E-state index contributed by atoms with van der Waals surface area (Å²) in [6.45, 7) is 3.86. The van der Waals surface area contributed by atoms with Gasteiger partial charge in [0.05, 0.1) is 0 Å². The molecule has 0 bridgehead atoms. The standard InChI is InChI=1S/C20H27N3O3/c1-13(2)23-16-12-8-7-11-15(16)17(20(23)26)22-19(25)18(24)21-14-9-5-3-4-6-10-14/h7-8,11-14,17H,3-6,9-10H2,1-2H3,(H,21,24)(H,22,25)/t17-/m0/s1. The van der Waals surface area contributed by atoms with Crippen molar-refractivity contribution in [3.63, 3.8) is 0 Å². The summed E-state index contributed by atoms with van der Waals surface area (Å²) in [6.07, 6.45) is 6.32. The summed E-state index contributed by atoms with van der Waals surface area (Å²) in [7, 11) is 0. The number of nitrogens with zero attached hydrogens (tertiary/aromatic N) is 1. The van der Waals surface area contributed by atoms with Gasteiger partial charge in [0.2, 0.25) is 0 Å². The molecule has 0 unspecified atom stereocenters. The molecule has 3 rings (SSSR count). The molecule has 3 amide bonds. The van der Waals surface area contributed by atoms with Crippen LogP contribution < -0.4 is 15.5 Å². The molecular weight excluding hydrogens is 330 g/mol. The fourth-order valence-electron chi connectivity index (χ4n) is 3.89. The molecule has 1 aromatic carbocycles. The van der Waals surface area contributed by atoms with Gasteiger partial charge in [-0.15, -0.1) is 0 Å². The van der Waals surface area contributed by atoms with Crippen molar-refractivity contribution < 1.29 is 14.4 Å². The van der Waals surface area contributed by atoms with Crippen molar-refractivity contribution in [2.24, 2.45) is 0 Å². The lowest BCUT2D eigenvalue weighted by Crippen LogP contribution is -2.47. The Kier molecular flexibility index (Phi) is 5.59. The van der Waals surface area contributed by atoms with Gasteiger partial charge in [-0.25, -0.2) is 0 Å². The van der Waals surface area contributed by atoms with E-state index in [1.165, 1.54) is 12.8 Å². The van der Waals surface area contributed by atoms with E-state index in [1.54, 1.807) is 4.90 Å². The number of carbonyl (C=O) groups excluding carboxylic acids is 3. The Morgan fingerprint density at radius 3 is 2.27 bits per heavy atom. The van der Waals surface area contributed by atoms with Crippen LogP contribution in [0.4, 0.5) is 5.69 Å². The van der Waals surface area contributed by atoms with Crippen LogP contribution in [0.3, 0.4) is 0 Å². The molecule has 1 fully saturated rings. The maximum atomic E-state index is 12.8. The van der Waals surface area contributed by atoms with Gasteiger partial charge in [-0.2, -0.15) is 0 Å². The largest absolute Gasteiger partial charge is 0.345 e. The van der Waals surface area contributed by atoms with E-state index in [0.717, 1.165) is 36.9 Å². The lowest BCUT2D eigenvalue weighted by molar-refractivity contribution is -0.140. The predicted molar refractivity (Wildman–Crippen MR) is 99.6 cm³/mol. The minimum absolute atomic E-state index is 0.0228. The molecule has 2 aliphatic rings. The predicted octanol–water partition coefficient (Wildman–Crippen LogP) is 2.44. The highest BCUT2D eigenvalue weighted by atomic mass is 16.2. The minimum Gasteiger partial charge on any atom is -0.345 e. The third kappa shape index (κ3) is 3.74. The van der Waals surface area contributed by atoms with Gasteiger partial charge in [-0.1, -0.05) is 43.9 Å². The molecule has 0 aromatic heterocycles. The summed E-state index contributed by atoms with van der Waals surface area (Å²) in [6, 6.07) is 6.61. The second kappa shape index (κ2) is 7.89. The Morgan fingerprint density at radius 2 is 1.62 bits per heavy atom. The van der Waals surface area contributed by atoms with Crippen LogP contribution in [0.15, 0.2) is 24.3 Å². The number of benzene rings is 1. The maximum absolute atomic E-state index is 12.8. The fraction of sp³-hybridized carbons (Fsp3) is 0.550. The van der Waals surface area contributed by atoms with E-state index in [0.29, 0.717) is 0 Å². The molecule has 26 heavy (non-hydrogen) atoms. The van der Waals surface area contributed by atoms with Gasteiger partial charge in [0.1, 0.15) is 6.04 Å². The first-order chi connectivity index (χ1) is 12.5. The maximum Gasteiger partial charge on any atom is 0.310 e. The number of fused-ring (bicyclic) bond motifs is 1.